The van der Waals surface area contributed by atoms with Crippen LogP contribution in [0.3, 0.4) is 0 Å². The first kappa shape index (κ1) is 16.2. The molecular formula is C18H25N5O2. The molecule has 4 rings (SSSR count). The number of hydrogen-bond donors (Lipinski definition) is 1. The van der Waals surface area contributed by atoms with E-state index in [1.54, 1.807) is 6.33 Å². The standard InChI is InChI=1S/C18H25N5O2/c1-11(2)25-18(24)23-8-12-6-14(7-13(12)9-23)22(3)17-15-4-5-19-16(15)20-10-21-17/h4-5,10-14H,6-9H2,1-3H3,(H,19,20,21). The van der Waals surface area contributed by atoms with Crippen molar-refractivity contribution in [3.8, 4) is 0 Å². The third-order valence-corrected chi connectivity index (χ3v) is 5.54. The van der Waals surface area contributed by atoms with E-state index in [2.05, 4.69) is 26.9 Å². The Hall–Kier alpha value is -2.31. The van der Waals surface area contributed by atoms with Crippen LogP contribution in [0.4, 0.5) is 10.6 Å². The van der Waals surface area contributed by atoms with Gasteiger partial charge in [0, 0.05) is 32.4 Å². The summed E-state index contributed by atoms with van der Waals surface area (Å²) in [4.78, 5) is 28.2. The van der Waals surface area contributed by atoms with E-state index in [1.165, 1.54) is 0 Å². The fraction of sp³-hybridized carbons (Fsp3) is 0.611. The lowest BCUT2D eigenvalue weighted by molar-refractivity contribution is 0.0812. The molecular weight excluding hydrogens is 318 g/mol. The molecule has 1 amide bonds. The molecule has 0 spiro atoms. The number of nitrogens with one attached hydrogen (secondary N) is 1. The van der Waals surface area contributed by atoms with Crippen LogP contribution in [0.1, 0.15) is 26.7 Å². The van der Waals surface area contributed by atoms with E-state index in [4.69, 9.17) is 4.74 Å². The minimum Gasteiger partial charge on any atom is -0.447 e. The summed E-state index contributed by atoms with van der Waals surface area (Å²) >= 11 is 0. The number of carbonyl (C=O) groups is 1. The summed E-state index contributed by atoms with van der Waals surface area (Å²) in [5, 5.41) is 1.06. The molecule has 3 heterocycles. The second-order valence-electron chi connectivity index (χ2n) is 7.53. The van der Waals surface area contributed by atoms with Gasteiger partial charge >= 0.3 is 6.09 Å². The predicted octanol–water partition coefficient (Wildman–Crippen LogP) is 2.65. The summed E-state index contributed by atoms with van der Waals surface area (Å²) in [7, 11) is 2.12. The van der Waals surface area contributed by atoms with E-state index >= 15 is 0 Å². The maximum atomic E-state index is 12.1. The van der Waals surface area contributed by atoms with Crippen LogP contribution in [0.15, 0.2) is 18.6 Å². The van der Waals surface area contributed by atoms with Crippen LogP contribution in [0.5, 0.6) is 0 Å². The normalized spacial score (nSPS) is 25.6. The average molecular weight is 343 g/mol. The SMILES string of the molecule is CC(C)OC(=O)N1CC2CC(N(C)c3ncnc4[nH]ccc34)CC2C1. The van der Waals surface area contributed by atoms with Gasteiger partial charge in [0.25, 0.3) is 0 Å². The van der Waals surface area contributed by atoms with E-state index in [0.29, 0.717) is 17.9 Å². The van der Waals surface area contributed by atoms with Gasteiger partial charge < -0.3 is 19.5 Å². The highest BCUT2D eigenvalue weighted by molar-refractivity contribution is 5.87. The smallest absolute Gasteiger partial charge is 0.410 e. The van der Waals surface area contributed by atoms with Crippen LogP contribution in [0.2, 0.25) is 0 Å². The molecule has 7 heteroatoms. The molecule has 1 aliphatic carbocycles. The average Bonchev–Trinajstić information content (AvgIpc) is 3.26. The highest BCUT2D eigenvalue weighted by atomic mass is 16.6. The summed E-state index contributed by atoms with van der Waals surface area (Å²) in [5.74, 6) is 2.08. The van der Waals surface area contributed by atoms with Crippen molar-refractivity contribution in [3.63, 3.8) is 0 Å². The van der Waals surface area contributed by atoms with E-state index in [1.807, 2.05) is 31.0 Å². The van der Waals surface area contributed by atoms with Gasteiger partial charge in [0.1, 0.15) is 17.8 Å². The maximum Gasteiger partial charge on any atom is 0.410 e. The summed E-state index contributed by atoms with van der Waals surface area (Å²) in [6.07, 6.45) is 5.46. The zero-order valence-corrected chi connectivity index (χ0v) is 15.0. The summed E-state index contributed by atoms with van der Waals surface area (Å²) < 4.78 is 5.34. The molecule has 25 heavy (non-hydrogen) atoms. The zero-order valence-electron chi connectivity index (χ0n) is 15.0. The van der Waals surface area contributed by atoms with Gasteiger partial charge in [-0.2, -0.15) is 0 Å². The lowest BCUT2D eigenvalue weighted by Crippen LogP contribution is -2.35. The number of aromatic amines is 1. The molecule has 2 fully saturated rings. The first-order chi connectivity index (χ1) is 12.0. The largest absolute Gasteiger partial charge is 0.447 e. The van der Waals surface area contributed by atoms with Crippen molar-refractivity contribution < 1.29 is 9.53 Å². The number of amides is 1. The van der Waals surface area contributed by atoms with Gasteiger partial charge in [-0.25, -0.2) is 14.8 Å². The van der Waals surface area contributed by atoms with E-state index in [0.717, 1.165) is 42.8 Å². The Kier molecular flexibility index (Phi) is 4.01. The number of H-pyrrole nitrogens is 1. The van der Waals surface area contributed by atoms with Crippen molar-refractivity contribution in [2.45, 2.75) is 38.8 Å². The molecule has 7 nitrogen and oxygen atoms in total. The molecule has 0 aromatic carbocycles. The number of anilines is 1. The van der Waals surface area contributed by atoms with Crippen LogP contribution in [-0.2, 0) is 4.74 Å². The van der Waals surface area contributed by atoms with Gasteiger partial charge in [0.05, 0.1) is 11.5 Å². The highest BCUT2D eigenvalue weighted by Gasteiger charge is 2.44. The number of rotatable bonds is 3. The van der Waals surface area contributed by atoms with Crippen LogP contribution < -0.4 is 4.90 Å². The Bertz CT molecular complexity index is 760. The Morgan fingerprint density at radius 2 is 2.04 bits per heavy atom. The molecule has 1 aliphatic heterocycles. The molecule has 0 bridgehead atoms. The number of likely N-dealkylation sites (tertiary alicyclic amines) is 1. The Balaban J connectivity index is 1.43. The number of nitrogens with zero attached hydrogens (tertiary/aromatic N) is 4. The first-order valence-corrected chi connectivity index (χ1v) is 8.99. The third-order valence-electron chi connectivity index (χ3n) is 5.54. The molecule has 2 unspecified atom stereocenters. The van der Waals surface area contributed by atoms with Crippen molar-refractivity contribution in [3.05, 3.63) is 18.6 Å². The summed E-state index contributed by atoms with van der Waals surface area (Å²) in [5.41, 5.74) is 0.873. The summed E-state index contributed by atoms with van der Waals surface area (Å²) in [6, 6.07) is 2.48. The highest BCUT2D eigenvalue weighted by Crippen LogP contribution is 2.41. The first-order valence-electron chi connectivity index (χ1n) is 8.99. The van der Waals surface area contributed by atoms with Crippen molar-refractivity contribution in [2.24, 2.45) is 11.8 Å². The third kappa shape index (κ3) is 2.92. The fourth-order valence-electron chi connectivity index (χ4n) is 4.32. The number of ether oxygens (including phenoxy) is 1. The van der Waals surface area contributed by atoms with Crippen molar-refractivity contribution in [2.75, 3.05) is 25.0 Å². The number of carbonyl (C=O) groups excluding carboxylic acids is 1. The molecule has 1 N–H and O–H groups in total. The van der Waals surface area contributed by atoms with Crippen LogP contribution >= 0.6 is 0 Å². The predicted molar refractivity (Wildman–Crippen MR) is 95.5 cm³/mol. The van der Waals surface area contributed by atoms with E-state index < -0.39 is 0 Å². The van der Waals surface area contributed by atoms with Gasteiger partial charge in [0.2, 0.25) is 0 Å². The molecule has 2 aromatic heterocycles. The maximum absolute atomic E-state index is 12.1. The van der Waals surface area contributed by atoms with Crippen LogP contribution in [0, 0.1) is 11.8 Å². The van der Waals surface area contributed by atoms with Crippen LogP contribution in [-0.4, -0.2) is 58.2 Å². The lowest BCUT2D eigenvalue weighted by atomic mass is 10.0. The second-order valence-corrected chi connectivity index (χ2v) is 7.53. The molecule has 134 valence electrons. The number of fused-ring (bicyclic) bond motifs is 2. The zero-order chi connectivity index (χ0) is 17.6. The van der Waals surface area contributed by atoms with Crippen LogP contribution in [0.25, 0.3) is 11.0 Å². The topological polar surface area (TPSA) is 74.3 Å². The van der Waals surface area contributed by atoms with E-state index in [9.17, 15) is 4.79 Å². The van der Waals surface area contributed by atoms with Gasteiger partial charge in [-0.1, -0.05) is 0 Å². The molecule has 2 atom stereocenters. The summed E-state index contributed by atoms with van der Waals surface area (Å²) in [6.45, 7) is 5.40. The Morgan fingerprint density at radius 1 is 1.32 bits per heavy atom. The number of hydrogen-bond acceptors (Lipinski definition) is 5. The van der Waals surface area contributed by atoms with Gasteiger partial charge in [-0.15, -0.1) is 0 Å². The van der Waals surface area contributed by atoms with Crippen molar-refractivity contribution in [1.82, 2.24) is 19.9 Å². The fourth-order valence-corrected chi connectivity index (χ4v) is 4.32. The second kappa shape index (κ2) is 6.20. The lowest BCUT2D eigenvalue weighted by Gasteiger charge is -2.28. The molecule has 1 saturated carbocycles. The Morgan fingerprint density at radius 3 is 2.72 bits per heavy atom. The van der Waals surface area contributed by atoms with Gasteiger partial charge in [-0.3, -0.25) is 0 Å². The molecule has 1 saturated heterocycles. The number of aromatic nitrogens is 3. The molecule has 2 aliphatic rings. The van der Waals surface area contributed by atoms with Gasteiger partial charge in [0.15, 0.2) is 0 Å². The minimum absolute atomic E-state index is 0.0617. The monoisotopic (exact) mass is 343 g/mol. The van der Waals surface area contributed by atoms with Gasteiger partial charge in [-0.05, 0) is 44.6 Å². The van der Waals surface area contributed by atoms with E-state index in [-0.39, 0.29) is 12.2 Å². The minimum atomic E-state index is -0.167. The molecule has 0 radical (unpaired) electrons. The van der Waals surface area contributed by atoms with Crippen molar-refractivity contribution >= 4 is 22.9 Å². The molecule has 2 aromatic rings. The van der Waals surface area contributed by atoms with Crippen molar-refractivity contribution in [1.29, 1.82) is 0 Å². The Labute approximate surface area is 147 Å². The quantitative estimate of drug-likeness (QED) is 0.927.